The van der Waals surface area contributed by atoms with Gasteiger partial charge in [-0.25, -0.2) is 4.39 Å². The molecule has 0 aliphatic carbocycles. The summed E-state index contributed by atoms with van der Waals surface area (Å²) in [5.74, 6) is -3.91. The number of piperidine rings is 1. The quantitative estimate of drug-likeness (QED) is 0.541. The Balaban J connectivity index is 1.64. The minimum Gasteiger partial charge on any atom is -0.356 e. The maximum atomic E-state index is 14.3. The zero-order valence-corrected chi connectivity index (χ0v) is 17.0. The predicted molar refractivity (Wildman–Crippen MR) is 103 cm³/mol. The second-order valence-electron chi connectivity index (χ2n) is 7.22. The van der Waals surface area contributed by atoms with Crippen molar-refractivity contribution in [1.82, 2.24) is 15.2 Å². The third-order valence-corrected chi connectivity index (χ3v) is 5.38. The van der Waals surface area contributed by atoms with Gasteiger partial charge in [0.1, 0.15) is 11.5 Å². The Labute approximate surface area is 179 Å². The Hall–Kier alpha value is -2.88. The van der Waals surface area contributed by atoms with Gasteiger partial charge in [0.15, 0.2) is 5.78 Å². The molecule has 1 fully saturated rings. The van der Waals surface area contributed by atoms with Gasteiger partial charge in [0.05, 0.1) is 10.6 Å². The fraction of sp³-hybridized carbons (Fsp3) is 0.350. The van der Waals surface area contributed by atoms with E-state index in [2.05, 4.69) is 10.3 Å². The van der Waals surface area contributed by atoms with Crippen molar-refractivity contribution in [2.24, 2.45) is 0 Å². The van der Waals surface area contributed by atoms with Crippen LogP contribution in [0.2, 0.25) is 5.02 Å². The Morgan fingerprint density at radius 2 is 1.84 bits per heavy atom. The summed E-state index contributed by atoms with van der Waals surface area (Å²) in [6.07, 6.45) is -3.36. The Kier molecular flexibility index (Phi) is 6.40. The van der Waals surface area contributed by atoms with Crippen molar-refractivity contribution in [3.05, 3.63) is 57.6 Å². The molecule has 0 unspecified atom stereocenters. The second kappa shape index (κ2) is 8.70. The average Bonchev–Trinajstić information content (AvgIpc) is 3.21. The lowest BCUT2D eigenvalue weighted by Gasteiger charge is -2.32. The number of aromatic nitrogens is 1. The van der Waals surface area contributed by atoms with E-state index in [9.17, 15) is 31.9 Å². The maximum absolute atomic E-state index is 14.3. The molecule has 3 rings (SSSR count). The van der Waals surface area contributed by atoms with Gasteiger partial charge < -0.3 is 15.2 Å². The number of carbonyl (C=O) groups is 3. The molecule has 0 bridgehead atoms. The van der Waals surface area contributed by atoms with Gasteiger partial charge in [-0.1, -0.05) is 17.7 Å². The average molecular weight is 460 g/mol. The molecule has 0 spiro atoms. The van der Waals surface area contributed by atoms with Crippen molar-refractivity contribution in [2.75, 3.05) is 13.1 Å². The number of aromatic amines is 1. The zero-order chi connectivity index (χ0) is 22.9. The number of nitrogens with one attached hydrogen (secondary N) is 2. The third kappa shape index (κ3) is 4.90. The summed E-state index contributed by atoms with van der Waals surface area (Å²) in [5, 5.41) is 2.60. The van der Waals surface area contributed by atoms with Crippen molar-refractivity contribution in [3.8, 4) is 0 Å². The summed E-state index contributed by atoms with van der Waals surface area (Å²) in [7, 11) is 0. The SMILES string of the molecule is Cc1ccc(Cl)c(C(=O)c2c[nH]c(C(=O)NC3CCN(C(=O)C(F)(F)F)CC3)c2)c1F. The second-order valence-corrected chi connectivity index (χ2v) is 7.63. The number of hydrogen-bond donors (Lipinski definition) is 2. The Bertz CT molecular complexity index is 1030. The predicted octanol–water partition coefficient (Wildman–Crippen LogP) is 3.63. The van der Waals surface area contributed by atoms with Gasteiger partial charge in [-0.15, -0.1) is 0 Å². The van der Waals surface area contributed by atoms with E-state index in [1.807, 2.05) is 0 Å². The van der Waals surface area contributed by atoms with Crippen molar-refractivity contribution < 1.29 is 31.9 Å². The van der Waals surface area contributed by atoms with Gasteiger partial charge in [-0.2, -0.15) is 13.2 Å². The fourth-order valence-electron chi connectivity index (χ4n) is 3.34. The van der Waals surface area contributed by atoms with Crippen molar-refractivity contribution in [1.29, 1.82) is 0 Å². The van der Waals surface area contributed by atoms with Crippen LogP contribution in [0.1, 0.15) is 44.8 Å². The Morgan fingerprint density at radius 3 is 2.45 bits per heavy atom. The van der Waals surface area contributed by atoms with E-state index >= 15 is 0 Å². The normalized spacial score (nSPS) is 15.1. The van der Waals surface area contributed by atoms with Crippen molar-refractivity contribution in [2.45, 2.75) is 32.0 Å². The first kappa shape index (κ1) is 22.8. The van der Waals surface area contributed by atoms with Crippen LogP contribution in [-0.2, 0) is 4.79 Å². The fourth-order valence-corrected chi connectivity index (χ4v) is 3.57. The van der Waals surface area contributed by atoms with Gasteiger partial charge in [0.25, 0.3) is 5.91 Å². The molecular formula is C20H18ClF4N3O3. The van der Waals surface area contributed by atoms with E-state index in [1.165, 1.54) is 31.3 Å². The molecular weight excluding hydrogens is 442 g/mol. The van der Waals surface area contributed by atoms with Crippen LogP contribution in [0.4, 0.5) is 17.6 Å². The van der Waals surface area contributed by atoms with Gasteiger partial charge in [0.2, 0.25) is 0 Å². The number of hydrogen-bond acceptors (Lipinski definition) is 3. The molecule has 0 atom stereocenters. The molecule has 166 valence electrons. The monoisotopic (exact) mass is 459 g/mol. The molecule has 11 heteroatoms. The smallest absolute Gasteiger partial charge is 0.356 e. The molecule has 6 nitrogen and oxygen atoms in total. The van der Waals surface area contributed by atoms with E-state index in [1.54, 1.807) is 0 Å². The highest BCUT2D eigenvalue weighted by molar-refractivity contribution is 6.35. The van der Waals surface area contributed by atoms with E-state index in [4.69, 9.17) is 11.6 Å². The van der Waals surface area contributed by atoms with E-state index in [-0.39, 0.29) is 53.3 Å². The molecule has 0 saturated carbocycles. The largest absolute Gasteiger partial charge is 0.471 e. The standard InChI is InChI=1S/C20H18ClF4N3O3/c1-10-2-3-13(21)15(16(10)22)17(29)11-8-14(26-9-11)18(30)27-12-4-6-28(7-5-12)19(31)20(23,24)25/h2-3,8-9,12,26H,4-7H2,1H3,(H,27,30). The van der Waals surface area contributed by atoms with E-state index in [0.717, 1.165) is 0 Å². The first-order chi connectivity index (χ1) is 14.5. The molecule has 1 aromatic carbocycles. The molecule has 1 saturated heterocycles. The van der Waals surface area contributed by atoms with Gasteiger partial charge in [-0.3, -0.25) is 14.4 Å². The number of rotatable bonds is 4. The lowest BCUT2D eigenvalue weighted by Crippen LogP contribution is -2.50. The lowest BCUT2D eigenvalue weighted by molar-refractivity contribution is -0.186. The molecule has 2 amide bonds. The number of benzene rings is 1. The summed E-state index contributed by atoms with van der Waals surface area (Å²) in [5.41, 5.74) is 0.00871. The minimum absolute atomic E-state index is 0.0290. The highest BCUT2D eigenvalue weighted by Crippen LogP contribution is 2.25. The zero-order valence-electron chi connectivity index (χ0n) is 16.3. The summed E-state index contributed by atoms with van der Waals surface area (Å²) in [4.78, 5) is 39.7. The number of alkyl halides is 3. The molecule has 31 heavy (non-hydrogen) atoms. The van der Waals surface area contributed by atoms with E-state index < -0.39 is 35.6 Å². The molecule has 2 N–H and O–H groups in total. The lowest BCUT2D eigenvalue weighted by atomic mass is 10.0. The van der Waals surface area contributed by atoms with Gasteiger partial charge in [0, 0.05) is 30.9 Å². The first-order valence-electron chi connectivity index (χ1n) is 9.33. The van der Waals surface area contributed by atoms with Crippen LogP contribution in [0.3, 0.4) is 0 Å². The topological polar surface area (TPSA) is 82.3 Å². The molecule has 2 heterocycles. The number of halogens is 5. The minimum atomic E-state index is -4.93. The first-order valence-corrected chi connectivity index (χ1v) is 9.71. The van der Waals surface area contributed by atoms with Crippen LogP contribution < -0.4 is 5.32 Å². The number of amides is 2. The van der Waals surface area contributed by atoms with Crippen LogP contribution in [-0.4, -0.2) is 52.8 Å². The van der Waals surface area contributed by atoms with Crippen LogP contribution >= 0.6 is 11.6 Å². The molecule has 1 aliphatic heterocycles. The number of aryl methyl sites for hydroxylation is 1. The van der Waals surface area contributed by atoms with Crippen molar-refractivity contribution in [3.63, 3.8) is 0 Å². The van der Waals surface area contributed by atoms with Crippen molar-refractivity contribution >= 4 is 29.2 Å². The van der Waals surface area contributed by atoms with Crippen LogP contribution in [0.25, 0.3) is 0 Å². The number of ketones is 1. The molecule has 1 aliphatic rings. The van der Waals surface area contributed by atoms with Crippen LogP contribution in [0.15, 0.2) is 24.4 Å². The van der Waals surface area contributed by atoms with Gasteiger partial charge in [-0.05, 0) is 37.5 Å². The number of nitrogens with zero attached hydrogens (tertiary/aromatic N) is 1. The summed E-state index contributed by atoms with van der Waals surface area (Å²) < 4.78 is 51.8. The molecule has 2 aromatic rings. The Morgan fingerprint density at radius 1 is 1.19 bits per heavy atom. The maximum Gasteiger partial charge on any atom is 0.471 e. The molecule has 1 aromatic heterocycles. The summed E-state index contributed by atoms with van der Waals surface area (Å²) in [6, 6.07) is 3.66. The third-order valence-electron chi connectivity index (χ3n) is 5.06. The molecule has 0 radical (unpaired) electrons. The highest BCUT2D eigenvalue weighted by atomic mass is 35.5. The number of likely N-dealkylation sites (tertiary alicyclic amines) is 1. The van der Waals surface area contributed by atoms with Gasteiger partial charge >= 0.3 is 12.1 Å². The van der Waals surface area contributed by atoms with E-state index in [0.29, 0.717) is 4.90 Å². The number of H-pyrrole nitrogens is 1. The van der Waals surface area contributed by atoms with Crippen LogP contribution in [0.5, 0.6) is 0 Å². The van der Waals surface area contributed by atoms with Crippen LogP contribution in [0, 0.1) is 12.7 Å². The highest BCUT2D eigenvalue weighted by Gasteiger charge is 2.43. The summed E-state index contributed by atoms with van der Waals surface area (Å²) >= 11 is 5.96. The summed E-state index contributed by atoms with van der Waals surface area (Å²) in [6.45, 7) is 1.22. The number of carbonyl (C=O) groups excluding carboxylic acids is 3.